The van der Waals surface area contributed by atoms with Crippen LogP contribution in [-0.2, 0) is 54.2 Å². The number of carbonyl (C=O) groups excluding carboxylic acids is 5. The van der Waals surface area contributed by atoms with E-state index in [0.717, 1.165) is 38.7 Å². The van der Waals surface area contributed by atoms with Gasteiger partial charge < -0.3 is 43.6 Å². The van der Waals surface area contributed by atoms with Gasteiger partial charge in [0, 0.05) is 32.7 Å². The largest absolute Gasteiger partial charge is 0.472 e. The zero-order chi connectivity index (χ0) is 35.7. The van der Waals surface area contributed by atoms with Gasteiger partial charge in [0.25, 0.3) is 0 Å². The maximum Gasteiger partial charge on any atom is 0.412 e. The standard InChI is InChI=1S/C34H38N2O13/c1-6-36(18-44-26-13-9-11-23-10-7-8-12-24(23)26)34(41)43-17-22-14-15-27(25(35)16-22)48-33-31(47-21(4)39)29(46-20(3)38)28(45-19(2)37)30(49-33)32(40)42-5/h7-16,28-31,33H,6,17-18,35H2,1-5H3/t28-,29-,30-,31+,33?/m0/s1. The van der Waals surface area contributed by atoms with Gasteiger partial charge in [0.1, 0.15) is 18.1 Å². The first-order valence-electron chi connectivity index (χ1n) is 15.2. The predicted molar refractivity (Wildman–Crippen MR) is 171 cm³/mol. The molecule has 1 amide bonds. The summed E-state index contributed by atoms with van der Waals surface area (Å²) in [5, 5.41) is 1.92. The van der Waals surface area contributed by atoms with Gasteiger partial charge in [0.15, 0.2) is 25.0 Å². The number of carbonyl (C=O) groups is 5. The van der Waals surface area contributed by atoms with Crippen molar-refractivity contribution in [1.29, 1.82) is 0 Å². The third-order valence-electron chi connectivity index (χ3n) is 7.28. The van der Waals surface area contributed by atoms with E-state index in [9.17, 15) is 24.0 Å². The van der Waals surface area contributed by atoms with Crippen molar-refractivity contribution in [3.05, 3.63) is 66.2 Å². The molecule has 1 fully saturated rings. The number of rotatable bonds is 12. The van der Waals surface area contributed by atoms with Gasteiger partial charge in [-0.1, -0.05) is 42.5 Å². The Bertz CT molecular complexity index is 1670. The van der Waals surface area contributed by atoms with Crippen molar-refractivity contribution in [2.24, 2.45) is 0 Å². The lowest BCUT2D eigenvalue weighted by Gasteiger charge is -2.43. The summed E-state index contributed by atoms with van der Waals surface area (Å²) in [7, 11) is 1.08. The summed E-state index contributed by atoms with van der Waals surface area (Å²) >= 11 is 0. The van der Waals surface area contributed by atoms with Crippen molar-refractivity contribution >= 4 is 46.4 Å². The molecule has 0 aliphatic carbocycles. The van der Waals surface area contributed by atoms with Crippen LogP contribution in [0.15, 0.2) is 60.7 Å². The van der Waals surface area contributed by atoms with Gasteiger partial charge in [-0.05, 0) is 36.1 Å². The second-order valence-electron chi connectivity index (χ2n) is 10.8. The maximum absolute atomic E-state index is 12.9. The van der Waals surface area contributed by atoms with Crippen molar-refractivity contribution < 1.29 is 61.9 Å². The Kier molecular flexibility index (Phi) is 12.2. The number of amides is 1. The van der Waals surface area contributed by atoms with Gasteiger partial charge in [-0.3, -0.25) is 19.3 Å². The van der Waals surface area contributed by atoms with Gasteiger partial charge in [-0.2, -0.15) is 0 Å². The molecule has 262 valence electrons. The third kappa shape index (κ3) is 9.28. The molecule has 3 aromatic rings. The first kappa shape index (κ1) is 36.3. The zero-order valence-corrected chi connectivity index (χ0v) is 27.6. The van der Waals surface area contributed by atoms with Crippen molar-refractivity contribution in [2.75, 3.05) is 26.1 Å². The molecule has 2 N–H and O–H groups in total. The molecule has 0 aromatic heterocycles. The summed E-state index contributed by atoms with van der Waals surface area (Å²) in [6, 6.07) is 17.9. The highest BCUT2D eigenvalue weighted by atomic mass is 16.7. The van der Waals surface area contributed by atoms with E-state index < -0.39 is 60.7 Å². The summed E-state index contributed by atoms with van der Waals surface area (Å²) in [6.45, 7) is 5.17. The fourth-order valence-electron chi connectivity index (χ4n) is 5.07. The number of fused-ring (bicyclic) bond motifs is 1. The average Bonchev–Trinajstić information content (AvgIpc) is 3.06. The van der Waals surface area contributed by atoms with Crippen LogP contribution in [0.1, 0.15) is 33.3 Å². The molecule has 1 aliphatic rings. The van der Waals surface area contributed by atoms with Crippen molar-refractivity contribution in [3.8, 4) is 11.5 Å². The number of esters is 4. The Morgan fingerprint density at radius 2 is 1.47 bits per heavy atom. The van der Waals surface area contributed by atoms with Gasteiger partial charge in [-0.15, -0.1) is 0 Å². The lowest BCUT2D eigenvalue weighted by atomic mass is 9.97. The molecule has 49 heavy (non-hydrogen) atoms. The van der Waals surface area contributed by atoms with Crippen molar-refractivity contribution in [3.63, 3.8) is 0 Å². The predicted octanol–water partition coefficient (Wildman–Crippen LogP) is 3.49. The second-order valence-corrected chi connectivity index (χ2v) is 10.8. The van der Waals surface area contributed by atoms with E-state index in [0.29, 0.717) is 17.9 Å². The fourth-order valence-corrected chi connectivity index (χ4v) is 5.07. The molecule has 0 saturated carbocycles. The van der Waals surface area contributed by atoms with E-state index in [1.54, 1.807) is 13.0 Å². The molecule has 1 aliphatic heterocycles. The molecule has 4 rings (SSSR count). The molecular weight excluding hydrogens is 644 g/mol. The Hall–Kier alpha value is -5.57. The summed E-state index contributed by atoms with van der Waals surface area (Å²) < 4.78 is 43.9. The van der Waals surface area contributed by atoms with Gasteiger partial charge in [0.2, 0.25) is 12.4 Å². The minimum absolute atomic E-state index is 0.0204. The topological polar surface area (TPSA) is 188 Å². The summed E-state index contributed by atoms with van der Waals surface area (Å²) in [4.78, 5) is 62.9. The summed E-state index contributed by atoms with van der Waals surface area (Å²) in [5.41, 5.74) is 6.83. The highest BCUT2D eigenvalue weighted by molar-refractivity contribution is 5.88. The molecular formula is C34H38N2O13. The van der Waals surface area contributed by atoms with E-state index in [4.69, 9.17) is 43.6 Å². The van der Waals surface area contributed by atoms with Crippen LogP contribution in [0.4, 0.5) is 10.5 Å². The zero-order valence-electron chi connectivity index (χ0n) is 27.6. The molecule has 1 saturated heterocycles. The quantitative estimate of drug-likeness (QED) is 0.126. The third-order valence-corrected chi connectivity index (χ3v) is 7.28. The van der Waals surface area contributed by atoms with Crippen LogP contribution in [-0.4, -0.2) is 86.0 Å². The van der Waals surface area contributed by atoms with E-state index in [-0.39, 0.29) is 24.8 Å². The number of methoxy groups -OCH3 is 1. The molecule has 1 unspecified atom stereocenters. The fraction of sp³-hybridized carbons (Fsp3) is 0.382. The van der Waals surface area contributed by atoms with Crippen LogP contribution in [0.5, 0.6) is 11.5 Å². The SMILES string of the molecule is CCN(COc1cccc2ccccc12)C(=O)OCc1ccc(OC2O[C@H](C(=O)OC)[C@@H](OC(C)=O)[C@H](OC(C)=O)[C@H]2OC(C)=O)c(N)c1. The molecule has 5 atom stereocenters. The van der Waals surface area contributed by atoms with E-state index in [2.05, 4.69) is 0 Å². The Morgan fingerprint density at radius 1 is 0.816 bits per heavy atom. The normalized spacial score (nSPS) is 20.0. The first-order chi connectivity index (χ1) is 23.4. The van der Waals surface area contributed by atoms with Crippen molar-refractivity contribution in [2.45, 2.75) is 65.0 Å². The van der Waals surface area contributed by atoms with Gasteiger partial charge >= 0.3 is 30.0 Å². The lowest BCUT2D eigenvalue weighted by Crippen LogP contribution is -2.64. The number of nitrogens with zero attached hydrogens (tertiary/aromatic N) is 1. The monoisotopic (exact) mass is 682 g/mol. The van der Waals surface area contributed by atoms with Crippen LogP contribution >= 0.6 is 0 Å². The highest BCUT2D eigenvalue weighted by Crippen LogP contribution is 2.33. The molecule has 0 radical (unpaired) electrons. The number of nitrogens with two attached hydrogens (primary N) is 1. The Morgan fingerprint density at radius 3 is 2.12 bits per heavy atom. The number of ether oxygens (including phenoxy) is 8. The minimum Gasteiger partial charge on any atom is -0.472 e. The van der Waals surface area contributed by atoms with Gasteiger partial charge in [0.05, 0.1) is 12.8 Å². The van der Waals surface area contributed by atoms with E-state index >= 15 is 0 Å². The molecule has 1 heterocycles. The van der Waals surface area contributed by atoms with Crippen LogP contribution in [0, 0.1) is 0 Å². The Balaban J connectivity index is 1.46. The summed E-state index contributed by atoms with van der Waals surface area (Å²) in [5.74, 6) is -2.81. The van der Waals surface area contributed by atoms with E-state index in [1.807, 2.05) is 42.5 Å². The smallest absolute Gasteiger partial charge is 0.412 e. The van der Waals surface area contributed by atoms with Crippen LogP contribution in [0.2, 0.25) is 0 Å². The molecule has 3 aromatic carbocycles. The molecule has 0 spiro atoms. The first-order valence-corrected chi connectivity index (χ1v) is 15.2. The second kappa shape index (κ2) is 16.5. The van der Waals surface area contributed by atoms with Crippen LogP contribution < -0.4 is 15.2 Å². The van der Waals surface area contributed by atoms with Crippen LogP contribution in [0.3, 0.4) is 0 Å². The number of benzene rings is 3. The van der Waals surface area contributed by atoms with Crippen molar-refractivity contribution in [1.82, 2.24) is 4.90 Å². The van der Waals surface area contributed by atoms with Crippen LogP contribution in [0.25, 0.3) is 10.8 Å². The molecule has 0 bridgehead atoms. The number of anilines is 1. The minimum atomic E-state index is -1.64. The molecule has 15 heteroatoms. The number of hydrogen-bond donors (Lipinski definition) is 1. The average molecular weight is 683 g/mol. The lowest BCUT2D eigenvalue weighted by molar-refractivity contribution is -0.282. The molecule has 15 nitrogen and oxygen atoms in total. The number of nitrogen functional groups attached to an aromatic ring is 1. The highest BCUT2D eigenvalue weighted by Gasteiger charge is 2.56. The van der Waals surface area contributed by atoms with E-state index in [1.165, 1.54) is 17.0 Å². The number of hydrogen-bond acceptors (Lipinski definition) is 14. The maximum atomic E-state index is 12.9. The Labute approximate surface area is 282 Å². The summed E-state index contributed by atoms with van der Waals surface area (Å²) in [6.07, 6.45) is -8.43. The van der Waals surface area contributed by atoms with Gasteiger partial charge in [-0.25, -0.2) is 9.59 Å².